The first kappa shape index (κ1) is 49.2. The molecular weight excluding hydrogens is 156 g/mol. The molecule has 0 fully saturated rings. The van der Waals surface area contributed by atoms with Crippen LogP contribution in [0.25, 0.3) is 0 Å². The molecule has 0 aromatic heterocycles. The normalized spacial score (nSPS) is 0. The van der Waals surface area contributed by atoms with Crippen molar-refractivity contribution >= 4 is 18.3 Å². The minimum Gasteiger partial charge on any atom is -0.153 e. The van der Waals surface area contributed by atoms with Crippen LogP contribution in [-0.2, 0) is 33.6 Å². The van der Waals surface area contributed by atoms with E-state index in [-0.39, 0.29) is 51.9 Å². The Kier molecular flexibility index (Phi) is 300. The molecule has 0 amide bonds. The largest absolute Gasteiger partial charge is 0.153 e. The molecule has 0 aromatic carbocycles. The van der Waals surface area contributed by atoms with Crippen molar-refractivity contribution in [1.29, 1.82) is 0 Å². The first-order chi connectivity index (χ1) is 0. The summed E-state index contributed by atoms with van der Waals surface area (Å²) in [7, 11) is 0. The van der Waals surface area contributed by atoms with Crippen molar-refractivity contribution < 1.29 is 33.6 Å². The minimum absolute atomic E-state index is 0. The van der Waals surface area contributed by atoms with E-state index in [4.69, 9.17) is 0 Å². The second kappa shape index (κ2) is 24.4. The van der Waals surface area contributed by atoms with Crippen molar-refractivity contribution in [3.63, 3.8) is 0 Å². The van der Waals surface area contributed by atoms with E-state index < -0.39 is 0 Å². The molecule has 0 heterocycles. The van der Waals surface area contributed by atoms with Gasteiger partial charge in [-0.15, -0.1) is 0 Å². The Morgan fingerprint density at radius 3 is 1.00 bits per heavy atom. The van der Waals surface area contributed by atoms with Crippen LogP contribution in [0, 0.1) is 0 Å². The Labute approximate surface area is 52.1 Å². The predicted octanol–water partition coefficient (Wildman–Crippen LogP) is -0.328. The van der Waals surface area contributed by atoms with Gasteiger partial charge in [-0.2, -0.15) is 9.90 Å². The number of rotatable bonds is 0. The van der Waals surface area contributed by atoms with E-state index in [1.807, 2.05) is 0 Å². The fourth-order valence-corrected chi connectivity index (χ4v) is 0. The summed E-state index contributed by atoms with van der Waals surface area (Å²) < 4.78 is 0. The maximum atomic E-state index is 0. The molecule has 1 unspecified atom stereocenters. The first-order valence-electron chi connectivity index (χ1n) is 0. The summed E-state index contributed by atoms with van der Waals surface area (Å²) in [6, 6.07) is 0. The van der Waals surface area contributed by atoms with Gasteiger partial charge in [-0.1, -0.05) is 0 Å². The zero-order valence-corrected chi connectivity index (χ0v) is 5.46. The Morgan fingerprint density at radius 2 is 1.00 bits per heavy atom. The van der Waals surface area contributed by atoms with Crippen molar-refractivity contribution in [1.82, 2.24) is 0 Å². The molecule has 0 rings (SSSR count). The van der Waals surface area contributed by atoms with Gasteiger partial charge in [0.05, 0.1) is 0 Å². The number of hydrogen-bond donors (Lipinski definition) is 0. The van der Waals surface area contributed by atoms with Gasteiger partial charge >= 0.3 is 0 Å². The van der Waals surface area contributed by atoms with Crippen LogP contribution in [0.1, 0.15) is 0 Å². The van der Waals surface area contributed by atoms with Crippen LogP contribution in [0.15, 0.2) is 0 Å². The van der Waals surface area contributed by atoms with Crippen LogP contribution in [-0.4, -0.2) is 8.41 Å². The van der Waals surface area contributed by atoms with Gasteiger partial charge in [0.25, 0.3) is 0 Å². The standard InChI is InChI=1S/B.Fe.Ni.H3P/h;;;1H3. The van der Waals surface area contributed by atoms with Gasteiger partial charge in [0.2, 0.25) is 0 Å². The zero-order valence-electron chi connectivity index (χ0n) is 1.95. The third-order valence-corrected chi connectivity index (χ3v) is 0. The summed E-state index contributed by atoms with van der Waals surface area (Å²) in [6.07, 6.45) is 0. The molecule has 0 saturated heterocycles. The fraction of sp³-hybridized carbons (Fsp3) is 0. The Morgan fingerprint density at radius 1 is 1.00 bits per heavy atom. The van der Waals surface area contributed by atoms with Crippen molar-refractivity contribution in [3.8, 4) is 0 Å². The zero-order chi connectivity index (χ0) is 0. The molecule has 0 spiro atoms. The monoisotopic (exact) mass is 159 g/mol. The van der Waals surface area contributed by atoms with Crippen LogP contribution in [0.3, 0.4) is 0 Å². The molecule has 0 aliphatic heterocycles. The smallest absolute Gasteiger partial charge is 0 e. The van der Waals surface area contributed by atoms with Crippen LogP contribution < -0.4 is 0 Å². The molecular formula is H3BFeNiP. The van der Waals surface area contributed by atoms with Crippen molar-refractivity contribution in [2.45, 2.75) is 0 Å². The van der Waals surface area contributed by atoms with Gasteiger partial charge in [0, 0.05) is 42.0 Å². The molecule has 1 atom stereocenters. The Bertz CT molecular complexity index is 8.00. The predicted molar refractivity (Wildman–Crippen MR) is 16.9 cm³/mol. The maximum absolute atomic E-state index is 0. The van der Waals surface area contributed by atoms with E-state index in [2.05, 4.69) is 0 Å². The van der Waals surface area contributed by atoms with E-state index >= 15 is 0 Å². The topological polar surface area (TPSA) is 0 Å². The summed E-state index contributed by atoms with van der Waals surface area (Å²) in [6.45, 7) is 0. The van der Waals surface area contributed by atoms with E-state index in [1.165, 1.54) is 0 Å². The Hall–Kier alpha value is 1.51. The van der Waals surface area contributed by atoms with Crippen molar-refractivity contribution in [2.75, 3.05) is 0 Å². The van der Waals surface area contributed by atoms with Gasteiger partial charge in [0.1, 0.15) is 0 Å². The third kappa shape index (κ3) is 9.70. The summed E-state index contributed by atoms with van der Waals surface area (Å²) in [5.41, 5.74) is 0. The molecule has 3 radical (unpaired) electrons. The Balaban J connectivity index is 0. The van der Waals surface area contributed by atoms with Crippen LogP contribution >= 0.6 is 9.90 Å². The van der Waals surface area contributed by atoms with E-state index in [0.29, 0.717) is 0 Å². The van der Waals surface area contributed by atoms with E-state index in [0.717, 1.165) is 0 Å². The summed E-state index contributed by atoms with van der Waals surface area (Å²) in [4.78, 5) is 0. The number of hydrogen-bond acceptors (Lipinski definition) is 0. The summed E-state index contributed by atoms with van der Waals surface area (Å²) >= 11 is 0. The van der Waals surface area contributed by atoms with Gasteiger partial charge in [-0.25, -0.2) is 0 Å². The maximum Gasteiger partial charge on any atom is 0 e. The van der Waals surface area contributed by atoms with Gasteiger partial charge in [0.15, 0.2) is 0 Å². The van der Waals surface area contributed by atoms with E-state index in [1.54, 1.807) is 0 Å². The summed E-state index contributed by atoms with van der Waals surface area (Å²) in [5, 5.41) is 0. The first-order valence-corrected chi connectivity index (χ1v) is 0. The average molecular weight is 159 g/mol. The molecule has 29 valence electrons. The molecule has 0 aromatic rings. The second-order valence-electron chi connectivity index (χ2n) is 0. The second-order valence-corrected chi connectivity index (χ2v) is 0. The fourth-order valence-electron chi connectivity index (χ4n) is 0. The molecule has 0 N–H and O–H groups in total. The molecule has 0 bridgehead atoms. The van der Waals surface area contributed by atoms with Crippen LogP contribution in [0.5, 0.6) is 0 Å². The van der Waals surface area contributed by atoms with Gasteiger partial charge in [-0.05, 0) is 0 Å². The molecule has 4 heavy (non-hydrogen) atoms. The average Bonchev–Trinajstić information content (AvgIpc) is 0. The quantitative estimate of drug-likeness (QED) is 0.335. The summed E-state index contributed by atoms with van der Waals surface area (Å²) in [5.74, 6) is 0. The molecule has 0 aliphatic carbocycles. The van der Waals surface area contributed by atoms with Gasteiger partial charge < -0.3 is 0 Å². The van der Waals surface area contributed by atoms with Crippen molar-refractivity contribution in [2.24, 2.45) is 0 Å². The molecule has 0 nitrogen and oxygen atoms in total. The van der Waals surface area contributed by atoms with E-state index in [9.17, 15) is 0 Å². The third-order valence-electron chi connectivity index (χ3n) is 0. The molecule has 4 heteroatoms. The molecule has 0 saturated carbocycles. The molecule has 0 aliphatic rings. The minimum atomic E-state index is 0. The van der Waals surface area contributed by atoms with Gasteiger partial charge in [-0.3, -0.25) is 0 Å². The van der Waals surface area contributed by atoms with Crippen LogP contribution in [0.4, 0.5) is 0 Å². The SMILES string of the molecule is P.[B].[Fe].[Ni]. The van der Waals surface area contributed by atoms with Crippen LogP contribution in [0.2, 0.25) is 0 Å². The van der Waals surface area contributed by atoms with Crippen molar-refractivity contribution in [3.05, 3.63) is 0 Å².